The Labute approximate surface area is 105 Å². The largest absolute Gasteiger partial charge is 0.496 e. The van der Waals surface area contributed by atoms with Crippen molar-refractivity contribution >= 4 is 12.2 Å². The van der Waals surface area contributed by atoms with Crippen LogP contribution < -0.4 is 20.6 Å². The highest BCUT2D eigenvalue weighted by Crippen LogP contribution is 2.34. The van der Waals surface area contributed by atoms with Gasteiger partial charge in [-0.25, -0.2) is 10.2 Å². The van der Waals surface area contributed by atoms with E-state index in [1.165, 1.54) is 6.21 Å². The van der Waals surface area contributed by atoms with Gasteiger partial charge in [-0.2, -0.15) is 5.10 Å². The minimum atomic E-state index is -0.712. The Morgan fingerprint density at radius 3 is 3.11 bits per heavy atom. The third-order valence-corrected chi connectivity index (χ3v) is 2.63. The number of nitrogens with one attached hydrogen (secondary N) is 1. The lowest BCUT2D eigenvalue weighted by atomic mass is 10.1. The molecule has 1 atom stereocenters. The van der Waals surface area contributed by atoms with Crippen LogP contribution in [0.5, 0.6) is 11.5 Å². The normalized spacial score (nSPS) is 17.3. The molecule has 0 fully saturated rings. The van der Waals surface area contributed by atoms with Crippen LogP contribution in [0.2, 0.25) is 0 Å². The quantitative estimate of drug-likeness (QED) is 0.619. The number of methoxy groups -OCH3 is 1. The smallest absolute Gasteiger partial charge is 0.332 e. The van der Waals surface area contributed by atoms with Crippen molar-refractivity contribution in [3.8, 4) is 11.5 Å². The summed E-state index contributed by atoms with van der Waals surface area (Å²) in [6, 6.07) is 3.05. The van der Waals surface area contributed by atoms with Crippen LogP contribution in [0.15, 0.2) is 17.2 Å². The first kappa shape index (κ1) is 12.2. The van der Waals surface area contributed by atoms with Crippen molar-refractivity contribution < 1.29 is 14.3 Å². The number of nitrogens with zero attached hydrogens (tertiary/aromatic N) is 1. The molecule has 96 valence electrons. The molecule has 0 radical (unpaired) electrons. The molecular weight excluding hydrogens is 234 g/mol. The fourth-order valence-electron chi connectivity index (χ4n) is 1.90. The van der Waals surface area contributed by atoms with Gasteiger partial charge >= 0.3 is 6.03 Å². The van der Waals surface area contributed by atoms with E-state index in [4.69, 9.17) is 15.2 Å². The Kier molecular flexibility index (Phi) is 3.36. The molecule has 1 aromatic carbocycles. The van der Waals surface area contributed by atoms with E-state index in [9.17, 15) is 4.79 Å². The molecule has 0 spiro atoms. The Bertz CT molecular complexity index is 500. The number of amides is 2. The zero-order valence-electron chi connectivity index (χ0n) is 10.3. The molecular formula is C12H15N3O3. The molecule has 3 N–H and O–H groups in total. The van der Waals surface area contributed by atoms with Crippen LogP contribution in [-0.2, 0) is 6.42 Å². The highest BCUT2D eigenvalue weighted by molar-refractivity contribution is 5.85. The number of rotatable bonds is 3. The van der Waals surface area contributed by atoms with Crippen LogP contribution in [-0.4, -0.2) is 25.5 Å². The lowest BCUT2D eigenvalue weighted by Crippen LogP contribution is -2.24. The number of benzene rings is 1. The Balaban J connectivity index is 2.27. The number of urea groups is 1. The van der Waals surface area contributed by atoms with E-state index >= 15 is 0 Å². The summed E-state index contributed by atoms with van der Waals surface area (Å²) in [5, 5.41) is 3.71. The number of primary amides is 1. The first-order chi connectivity index (χ1) is 8.60. The molecule has 1 aliphatic rings. The summed E-state index contributed by atoms with van der Waals surface area (Å²) < 4.78 is 10.9. The maximum atomic E-state index is 10.5. The van der Waals surface area contributed by atoms with Crippen LogP contribution in [0.4, 0.5) is 4.79 Å². The van der Waals surface area contributed by atoms with Gasteiger partial charge in [0.05, 0.1) is 13.3 Å². The highest BCUT2D eigenvalue weighted by atomic mass is 16.5. The van der Waals surface area contributed by atoms with Crippen LogP contribution in [0.25, 0.3) is 0 Å². The second-order valence-corrected chi connectivity index (χ2v) is 4.07. The molecule has 18 heavy (non-hydrogen) atoms. The van der Waals surface area contributed by atoms with E-state index in [0.717, 1.165) is 23.3 Å². The average molecular weight is 249 g/mol. The topological polar surface area (TPSA) is 85.9 Å². The van der Waals surface area contributed by atoms with Gasteiger partial charge in [-0.15, -0.1) is 0 Å². The number of ether oxygens (including phenoxy) is 2. The lowest BCUT2D eigenvalue weighted by Gasteiger charge is -2.07. The molecule has 2 amide bonds. The Morgan fingerprint density at radius 1 is 1.67 bits per heavy atom. The first-order valence-electron chi connectivity index (χ1n) is 5.56. The van der Waals surface area contributed by atoms with Crippen molar-refractivity contribution in [1.29, 1.82) is 0 Å². The van der Waals surface area contributed by atoms with E-state index in [1.54, 1.807) is 7.11 Å². The second kappa shape index (κ2) is 4.95. The summed E-state index contributed by atoms with van der Waals surface area (Å²) in [5.74, 6) is 1.50. The van der Waals surface area contributed by atoms with Crippen molar-refractivity contribution in [3.63, 3.8) is 0 Å². The summed E-state index contributed by atoms with van der Waals surface area (Å²) in [7, 11) is 1.58. The molecule has 0 aromatic heterocycles. The Hall–Kier alpha value is -2.24. The molecule has 6 nitrogen and oxygen atoms in total. The summed E-state index contributed by atoms with van der Waals surface area (Å²) in [5.41, 5.74) is 8.88. The van der Waals surface area contributed by atoms with Gasteiger partial charge in [0.1, 0.15) is 17.6 Å². The minimum absolute atomic E-state index is 0.167. The van der Waals surface area contributed by atoms with E-state index in [1.807, 2.05) is 19.1 Å². The van der Waals surface area contributed by atoms with Crippen molar-refractivity contribution in [1.82, 2.24) is 5.43 Å². The summed E-state index contributed by atoms with van der Waals surface area (Å²) in [4.78, 5) is 10.5. The average Bonchev–Trinajstić information content (AvgIpc) is 2.66. The van der Waals surface area contributed by atoms with Crippen molar-refractivity contribution in [2.75, 3.05) is 7.11 Å². The summed E-state index contributed by atoms with van der Waals surface area (Å²) in [6.45, 7) is 2.01. The van der Waals surface area contributed by atoms with Crippen LogP contribution >= 0.6 is 0 Å². The molecule has 0 bridgehead atoms. The molecule has 0 aliphatic carbocycles. The van der Waals surface area contributed by atoms with Gasteiger partial charge in [-0.05, 0) is 19.1 Å². The number of hydrogen-bond donors (Lipinski definition) is 2. The SMILES string of the molecule is COc1cc2c(cc1/C=N/NC(N)=O)OC(C)C2. The standard InChI is InChI=1S/C12H15N3O3/c1-7-3-8-4-10(17-2)9(5-11(8)18-7)6-14-15-12(13)16/h4-7H,3H2,1-2H3,(H3,13,15,16)/b14-6+. The second-order valence-electron chi connectivity index (χ2n) is 4.07. The maximum Gasteiger partial charge on any atom is 0.332 e. The van der Waals surface area contributed by atoms with E-state index in [2.05, 4.69) is 10.5 Å². The molecule has 0 saturated carbocycles. The maximum absolute atomic E-state index is 10.5. The summed E-state index contributed by atoms with van der Waals surface area (Å²) >= 11 is 0. The predicted molar refractivity (Wildman–Crippen MR) is 67.1 cm³/mol. The van der Waals surface area contributed by atoms with Crippen molar-refractivity contribution in [2.24, 2.45) is 10.8 Å². The zero-order valence-corrected chi connectivity index (χ0v) is 10.3. The molecule has 1 aliphatic heterocycles. The number of hydrazone groups is 1. The van der Waals surface area contributed by atoms with Crippen LogP contribution in [0.3, 0.4) is 0 Å². The van der Waals surface area contributed by atoms with Gasteiger partial charge in [0, 0.05) is 17.5 Å². The van der Waals surface area contributed by atoms with Gasteiger partial charge in [-0.3, -0.25) is 0 Å². The van der Waals surface area contributed by atoms with E-state index < -0.39 is 6.03 Å². The monoisotopic (exact) mass is 249 g/mol. The first-order valence-corrected chi connectivity index (χ1v) is 5.56. The molecule has 1 heterocycles. The van der Waals surface area contributed by atoms with Gasteiger partial charge < -0.3 is 15.2 Å². The molecule has 1 aromatic rings. The molecule has 0 saturated heterocycles. The molecule has 6 heteroatoms. The molecule has 2 rings (SSSR count). The van der Waals surface area contributed by atoms with Crippen LogP contribution in [0.1, 0.15) is 18.1 Å². The Morgan fingerprint density at radius 2 is 2.44 bits per heavy atom. The fourth-order valence-corrected chi connectivity index (χ4v) is 1.90. The van der Waals surface area contributed by atoms with Crippen molar-refractivity contribution in [3.05, 3.63) is 23.3 Å². The van der Waals surface area contributed by atoms with E-state index in [0.29, 0.717) is 5.75 Å². The highest BCUT2D eigenvalue weighted by Gasteiger charge is 2.21. The number of carbonyl (C=O) groups excluding carboxylic acids is 1. The minimum Gasteiger partial charge on any atom is -0.496 e. The predicted octanol–water partition coefficient (Wildman–Crippen LogP) is 1.02. The molecule has 1 unspecified atom stereocenters. The van der Waals surface area contributed by atoms with Gasteiger partial charge in [-0.1, -0.05) is 0 Å². The lowest BCUT2D eigenvalue weighted by molar-refractivity contribution is 0.249. The third kappa shape index (κ3) is 2.53. The van der Waals surface area contributed by atoms with Crippen LogP contribution in [0, 0.1) is 0 Å². The number of hydrogen-bond acceptors (Lipinski definition) is 4. The summed E-state index contributed by atoms with van der Waals surface area (Å²) in [6.07, 6.45) is 2.50. The number of nitrogens with two attached hydrogens (primary N) is 1. The van der Waals surface area contributed by atoms with E-state index in [-0.39, 0.29) is 6.10 Å². The van der Waals surface area contributed by atoms with Gasteiger partial charge in [0.2, 0.25) is 0 Å². The fraction of sp³-hybridized carbons (Fsp3) is 0.333. The van der Waals surface area contributed by atoms with Gasteiger partial charge in [0.15, 0.2) is 0 Å². The number of carbonyl (C=O) groups is 1. The number of fused-ring (bicyclic) bond motifs is 1. The zero-order chi connectivity index (χ0) is 13.1. The third-order valence-electron chi connectivity index (χ3n) is 2.63. The van der Waals surface area contributed by atoms with Gasteiger partial charge in [0.25, 0.3) is 0 Å². The van der Waals surface area contributed by atoms with Crippen molar-refractivity contribution in [2.45, 2.75) is 19.4 Å².